The lowest BCUT2D eigenvalue weighted by atomic mass is 10.2. The molecule has 0 bridgehead atoms. The highest BCUT2D eigenvalue weighted by Crippen LogP contribution is 2.34. The quantitative estimate of drug-likeness (QED) is 0.525. The molecule has 0 saturated heterocycles. The van der Waals surface area contributed by atoms with E-state index in [0.29, 0.717) is 5.69 Å². The van der Waals surface area contributed by atoms with Crippen molar-refractivity contribution in [2.75, 3.05) is 0 Å². The van der Waals surface area contributed by atoms with Crippen molar-refractivity contribution in [3.05, 3.63) is 62.9 Å². The number of rotatable bonds is 2. The molecule has 5 nitrogen and oxygen atoms in total. The van der Waals surface area contributed by atoms with Gasteiger partial charge in [0.1, 0.15) is 6.33 Å². The van der Waals surface area contributed by atoms with Gasteiger partial charge in [-0.25, -0.2) is 4.98 Å². The van der Waals surface area contributed by atoms with Crippen LogP contribution in [0.15, 0.2) is 42.7 Å². The van der Waals surface area contributed by atoms with Crippen molar-refractivity contribution in [2.24, 2.45) is 0 Å². The summed E-state index contributed by atoms with van der Waals surface area (Å²) in [6.45, 7) is 0. The van der Waals surface area contributed by atoms with E-state index in [1.165, 1.54) is 12.1 Å². The lowest BCUT2D eigenvalue weighted by Gasteiger charge is -2.09. The van der Waals surface area contributed by atoms with Crippen LogP contribution in [0.1, 0.15) is 0 Å². The van der Waals surface area contributed by atoms with E-state index in [-0.39, 0.29) is 15.7 Å². The fraction of sp³-hybridized carbons (Fsp3) is 0. The Balaban J connectivity index is 2.27. The number of hydrogen-bond donors (Lipinski definition) is 0. The number of para-hydroxylation sites is 2. The predicted molar refractivity (Wildman–Crippen MR) is 77.7 cm³/mol. The van der Waals surface area contributed by atoms with Gasteiger partial charge in [-0.3, -0.25) is 14.7 Å². The summed E-state index contributed by atoms with van der Waals surface area (Å²) in [7, 11) is 0. The van der Waals surface area contributed by atoms with E-state index in [1.54, 1.807) is 10.9 Å². The molecule has 1 heterocycles. The molecule has 0 amide bonds. The van der Waals surface area contributed by atoms with E-state index in [1.807, 2.05) is 24.3 Å². The number of nitrogens with zero attached hydrogens (tertiary/aromatic N) is 3. The monoisotopic (exact) mass is 307 g/mol. The normalized spacial score (nSPS) is 10.9. The van der Waals surface area contributed by atoms with Gasteiger partial charge in [0.05, 0.1) is 31.7 Å². The fourth-order valence-electron chi connectivity index (χ4n) is 2.03. The first kappa shape index (κ1) is 12.9. The minimum Gasteiger partial charge on any atom is -0.296 e. The lowest BCUT2D eigenvalue weighted by molar-refractivity contribution is -0.384. The molecule has 7 heteroatoms. The molecule has 0 aliphatic rings. The van der Waals surface area contributed by atoms with Gasteiger partial charge >= 0.3 is 0 Å². The standard InChI is InChI=1S/C13H7Cl2N3O2/c14-9-5-8(18(19)20)6-10(15)13(9)17-7-16-11-3-1-2-4-12(11)17/h1-7H. The van der Waals surface area contributed by atoms with Crippen LogP contribution in [0, 0.1) is 10.1 Å². The van der Waals surface area contributed by atoms with Crippen molar-refractivity contribution in [1.29, 1.82) is 0 Å². The van der Waals surface area contributed by atoms with Crippen molar-refractivity contribution in [2.45, 2.75) is 0 Å². The van der Waals surface area contributed by atoms with E-state index in [0.717, 1.165) is 11.0 Å². The smallest absolute Gasteiger partial charge is 0.272 e. The Hall–Kier alpha value is -2.11. The SMILES string of the molecule is O=[N+]([O-])c1cc(Cl)c(-n2cnc3ccccc32)c(Cl)c1. The Morgan fingerprint density at radius 3 is 2.45 bits per heavy atom. The number of hydrogen-bond acceptors (Lipinski definition) is 3. The van der Waals surface area contributed by atoms with E-state index in [9.17, 15) is 10.1 Å². The van der Waals surface area contributed by atoms with Crippen LogP contribution in [0.25, 0.3) is 16.7 Å². The van der Waals surface area contributed by atoms with Gasteiger partial charge in [0.2, 0.25) is 0 Å². The molecule has 20 heavy (non-hydrogen) atoms. The first-order valence-corrected chi connectivity index (χ1v) is 6.39. The maximum atomic E-state index is 10.8. The molecule has 0 aliphatic heterocycles. The molecule has 0 aliphatic carbocycles. The molecule has 3 aromatic rings. The second-order valence-corrected chi connectivity index (χ2v) is 4.93. The van der Waals surface area contributed by atoms with Gasteiger partial charge in [-0.2, -0.15) is 0 Å². The van der Waals surface area contributed by atoms with Crippen LogP contribution >= 0.6 is 23.2 Å². The molecule has 0 unspecified atom stereocenters. The van der Waals surface area contributed by atoms with E-state index in [4.69, 9.17) is 23.2 Å². The number of halogens is 2. The average molecular weight is 308 g/mol. The van der Waals surface area contributed by atoms with Crippen LogP contribution in [0.3, 0.4) is 0 Å². The number of benzene rings is 2. The second kappa shape index (κ2) is 4.77. The van der Waals surface area contributed by atoms with Gasteiger partial charge < -0.3 is 0 Å². The summed E-state index contributed by atoms with van der Waals surface area (Å²) >= 11 is 12.3. The Morgan fingerprint density at radius 1 is 1.15 bits per heavy atom. The van der Waals surface area contributed by atoms with Crippen molar-refractivity contribution >= 4 is 39.9 Å². The number of imidazole rings is 1. The third-order valence-corrected chi connectivity index (χ3v) is 3.48. The topological polar surface area (TPSA) is 61.0 Å². The first-order chi connectivity index (χ1) is 9.58. The first-order valence-electron chi connectivity index (χ1n) is 5.64. The van der Waals surface area contributed by atoms with Gasteiger partial charge in [0.25, 0.3) is 5.69 Å². The Bertz CT molecular complexity index is 806. The number of aromatic nitrogens is 2. The molecule has 0 spiro atoms. The summed E-state index contributed by atoms with van der Waals surface area (Å²) in [5.41, 5.74) is 1.95. The van der Waals surface area contributed by atoms with Crippen molar-refractivity contribution in [1.82, 2.24) is 9.55 Å². The third-order valence-electron chi connectivity index (χ3n) is 2.91. The van der Waals surface area contributed by atoms with E-state index >= 15 is 0 Å². The van der Waals surface area contributed by atoms with Crippen LogP contribution in [-0.4, -0.2) is 14.5 Å². The summed E-state index contributed by atoms with van der Waals surface area (Å²) in [5, 5.41) is 11.2. The zero-order chi connectivity index (χ0) is 14.3. The highest BCUT2D eigenvalue weighted by atomic mass is 35.5. The molecule has 3 rings (SSSR count). The van der Waals surface area contributed by atoms with Crippen molar-refractivity contribution < 1.29 is 4.92 Å². The Morgan fingerprint density at radius 2 is 1.80 bits per heavy atom. The third kappa shape index (κ3) is 2.01. The summed E-state index contributed by atoms with van der Waals surface area (Å²) in [4.78, 5) is 14.5. The summed E-state index contributed by atoms with van der Waals surface area (Å²) in [6.07, 6.45) is 1.59. The molecular weight excluding hydrogens is 301 g/mol. The summed E-state index contributed by atoms with van der Waals surface area (Å²) in [5.74, 6) is 0. The number of nitro groups is 1. The molecule has 0 saturated carbocycles. The van der Waals surface area contributed by atoms with Crippen molar-refractivity contribution in [3.63, 3.8) is 0 Å². The maximum absolute atomic E-state index is 10.8. The summed E-state index contributed by atoms with van der Waals surface area (Å²) in [6, 6.07) is 10.0. The van der Waals surface area contributed by atoms with E-state index < -0.39 is 4.92 Å². The molecule has 0 atom stereocenters. The van der Waals surface area contributed by atoms with Gasteiger partial charge in [-0.05, 0) is 12.1 Å². The van der Waals surface area contributed by atoms with Gasteiger partial charge in [0.15, 0.2) is 0 Å². The number of nitro benzene ring substituents is 1. The molecule has 0 N–H and O–H groups in total. The van der Waals surface area contributed by atoms with Crippen LogP contribution in [0.2, 0.25) is 10.0 Å². The minimum atomic E-state index is -0.534. The van der Waals surface area contributed by atoms with Crippen LogP contribution in [0.4, 0.5) is 5.69 Å². The van der Waals surface area contributed by atoms with Crippen LogP contribution in [-0.2, 0) is 0 Å². The van der Waals surface area contributed by atoms with Gasteiger partial charge in [-0.15, -0.1) is 0 Å². The molecule has 0 fully saturated rings. The van der Waals surface area contributed by atoms with Crippen LogP contribution < -0.4 is 0 Å². The largest absolute Gasteiger partial charge is 0.296 e. The molecule has 100 valence electrons. The summed E-state index contributed by atoms with van der Waals surface area (Å²) < 4.78 is 1.71. The zero-order valence-electron chi connectivity index (χ0n) is 9.96. The molecular formula is C13H7Cl2N3O2. The predicted octanol–water partition coefficient (Wildman–Crippen LogP) is 4.24. The average Bonchev–Trinajstić information content (AvgIpc) is 2.82. The number of non-ortho nitro benzene ring substituents is 1. The highest BCUT2D eigenvalue weighted by molar-refractivity contribution is 6.38. The second-order valence-electron chi connectivity index (χ2n) is 4.12. The Kier molecular flexibility index (Phi) is 3.08. The van der Waals surface area contributed by atoms with E-state index in [2.05, 4.69) is 4.98 Å². The highest BCUT2D eigenvalue weighted by Gasteiger charge is 2.17. The maximum Gasteiger partial charge on any atom is 0.272 e. The van der Waals surface area contributed by atoms with Gasteiger partial charge in [0, 0.05) is 12.1 Å². The Labute approximate surface area is 123 Å². The van der Waals surface area contributed by atoms with Crippen molar-refractivity contribution in [3.8, 4) is 5.69 Å². The lowest BCUT2D eigenvalue weighted by Crippen LogP contribution is -1.97. The zero-order valence-corrected chi connectivity index (χ0v) is 11.5. The number of fused-ring (bicyclic) bond motifs is 1. The minimum absolute atomic E-state index is 0.145. The molecule has 1 aromatic heterocycles. The molecule has 2 aromatic carbocycles. The van der Waals surface area contributed by atoms with Crippen LogP contribution in [0.5, 0.6) is 0 Å². The van der Waals surface area contributed by atoms with Gasteiger partial charge in [-0.1, -0.05) is 35.3 Å². The molecule has 0 radical (unpaired) electrons. The fourth-order valence-corrected chi connectivity index (χ4v) is 2.68.